The van der Waals surface area contributed by atoms with E-state index in [1.807, 2.05) is 17.5 Å². The van der Waals surface area contributed by atoms with Crippen molar-refractivity contribution in [2.24, 2.45) is 5.73 Å². The number of hydrogen-bond acceptors (Lipinski definition) is 3. The van der Waals surface area contributed by atoms with Gasteiger partial charge in [0, 0.05) is 27.0 Å². The van der Waals surface area contributed by atoms with Gasteiger partial charge < -0.3 is 11.1 Å². The van der Waals surface area contributed by atoms with Gasteiger partial charge in [0.05, 0.1) is 10.6 Å². The molecule has 0 aliphatic heterocycles. The summed E-state index contributed by atoms with van der Waals surface area (Å²) in [5.41, 5.74) is 6.38. The molecule has 3 N–H and O–H groups in total. The molecule has 1 heterocycles. The minimum absolute atomic E-state index is 0.328. The first-order valence-corrected chi connectivity index (χ1v) is 7.17. The molecule has 0 saturated carbocycles. The van der Waals surface area contributed by atoms with Gasteiger partial charge in [-0.25, -0.2) is 0 Å². The van der Waals surface area contributed by atoms with Crippen molar-refractivity contribution in [1.82, 2.24) is 0 Å². The maximum atomic E-state index is 11.2. The third-order valence-electron chi connectivity index (χ3n) is 2.32. The summed E-state index contributed by atoms with van der Waals surface area (Å²) in [5.74, 6) is -0.525. The molecule has 0 saturated heterocycles. The van der Waals surface area contributed by atoms with E-state index in [2.05, 4.69) is 21.2 Å². The molecule has 1 amide bonds. The third kappa shape index (κ3) is 3.25. The van der Waals surface area contributed by atoms with Crippen molar-refractivity contribution < 1.29 is 4.79 Å². The Morgan fingerprint density at radius 1 is 1.44 bits per heavy atom. The van der Waals surface area contributed by atoms with Gasteiger partial charge in [0.1, 0.15) is 0 Å². The number of primary amides is 1. The highest BCUT2D eigenvalue weighted by atomic mass is 79.9. The largest absolute Gasteiger partial charge is 0.380 e. The van der Waals surface area contributed by atoms with E-state index >= 15 is 0 Å². The smallest absolute Gasteiger partial charge is 0.250 e. The summed E-state index contributed by atoms with van der Waals surface area (Å²) in [6, 6.07) is 7.18. The van der Waals surface area contributed by atoms with Crippen LogP contribution in [-0.2, 0) is 6.54 Å². The van der Waals surface area contributed by atoms with Gasteiger partial charge in [-0.1, -0.05) is 11.6 Å². The highest BCUT2D eigenvalue weighted by Crippen LogP contribution is 2.23. The van der Waals surface area contributed by atoms with Crippen molar-refractivity contribution in [2.75, 3.05) is 5.32 Å². The Morgan fingerprint density at radius 2 is 2.22 bits per heavy atom. The molecule has 0 radical (unpaired) electrons. The number of anilines is 1. The number of amides is 1. The first-order valence-electron chi connectivity index (χ1n) is 5.12. The fourth-order valence-electron chi connectivity index (χ4n) is 1.46. The second kappa shape index (κ2) is 5.73. The second-order valence-corrected chi connectivity index (χ2v) is 5.96. The summed E-state index contributed by atoms with van der Waals surface area (Å²) < 4.78 is 1.07. The van der Waals surface area contributed by atoms with Crippen molar-refractivity contribution in [1.29, 1.82) is 0 Å². The Kier molecular flexibility index (Phi) is 4.27. The summed E-state index contributed by atoms with van der Waals surface area (Å²) in [4.78, 5) is 12.3. The molecule has 1 aromatic heterocycles. The Bertz CT molecular complexity index is 585. The lowest BCUT2D eigenvalue weighted by Crippen LogP contribution is -2.12. The van der Waals surface area contributed by atoms with Crippen LogP contribution in [0.1, 0.15) is 15.2 Å². The first-order chi connectivity index (χ1) is 8.56. The van der Waals surface area contributed by atoms with Crippen molar-refractivity contribution in [3.05, 3.63) is 49.6 Å². The lowest BCUT2D eigenvalue weighted by molar-refractivity contribution is 0.100. The number of carbonyl (C=O) groups excluding carboxylic acids is 1. The molecule has 0 fully saturated rings. The molecule has 0 aliphatic rings. The van der Waals surface area contributed by atoms with Gasteiger partial charge in [-0.3, -0.25) is 4.79 Å². The van der Waals surface area contributed by atoms with Gasteiger partial charge in [-0.2, -0.15) is 0 Å². The normalized spacial score (nSPS) is 10.3. The van der Waals surface area contributed by atoms with Crippen LogP contribution in [0, 0.1) is 0 Å². The van der Waals surface area contributed by atoms with E-state index in [4.69, 9.17) is 17.3 Å². The molecule has 2 aromatic rings. The number of nitrogens with two attached hydrogens (primary N) is 1. The number of benzene rings is 1. The average molecular weight is 346 g/mol. The number of halogens is 2. The van der Waals surface area contributed by atoms with E-state index < -0.39 is 5.91 Å². The Balaban J connectivity index is 2.10. The van der Waals surface area contributed by atoms with Gasteiger partial charge in [0.2, 0.25) is 5.91 Å². The molecule has 0 aliphatic carbocycles. The number of rotatable bonds is 4. The number of nitrogens with one attached hydrogen (secondary N) is 1. The molecular formula is C12H10BrClN2OS. The van der Waals surface area contributed by atoms with Crippen LogP contribution in [0.25, 0.3) is 0 Å². The van der Waals surface area contributed by atoms with Crippen LogP contribution in [0.15, 0.2) is 34.1 Å². The molecule has 6 heteroatoms. The molecule has 0 unspecified atom stereocenters. The van der Waals surface area contributed by atoms with Gasteiger partial charge in [-0.05, 0) is 40.2 Å². The third-order valence-corrected chi connectivity index (χ3v) is 4.35. The van der Waals surface area contributed by atoms with E-state index in [-0.39, 0.29) is 0 Å². The summed E-state index contributed by atoms with van der Waals surface area (Å²) in [6.45, 7) is 0.691. The predicted molar refractivity (Wildman–Crippen MR) is 79.3 cm³/mol. The van der Waals surface area contributed by atoms with E-state index in [1.54, 1.807) is 23.5 Å². The average Bonchev–Trinajstić information content (AvgIpc) is 2.74. The highest BCUT2D eigenvalue weighted by Gasteiger charge is 2.07. The van der Waals surface area contributed by atoms with Gasteiger partial charge in [0.25, 0.3) is 0 Å². The summed E-state index contributed by atoms with van der Waals surface area (Å²) in [7, 11) is 0. The van der Waals surface area contributed by atoms with Crippen LogP contribution in [0.2, 0.25) is 5.02 Å². The molecule has 18 heavy (non-hydrogen) atoms. The van der Waals surface area contributed by atoms with Crippen molar-refractivity contribution in [2.45, 2.75) is 6.54 Å². The van der Waals surface area contributed by atoms with E-state index in [1.165, 1.54) is 4.88 Å². The molecular weight excluding hydrogens is 336 g/mol. The molecule has 0 spiro atoms. The van der Waals surface area contributed by atoms with Crippen molar-refractivity contribution in [3.63, 3.8) is 0 Å². The fraction of sp³-hybridized carbons (Fsp3) is 0.0833. The van der Waals surface area contributed by atoms with Crippen LogP contribution in [0.4, 0.5) is 5.69 Å². The van der Waals surface area contributed by atoms with Crippen LogP contribution in [0.5, 0.6) is 0 Å². The van der Waals surface area contributed by atoms with Crippen molar-refractivity contribution in [3.8, 4) is 0 Å². The lowest BCUT2D eigenvalue weighted by atomic mass is 10.2. The maximum Gasteiger partial charge on any atom is 0.250 e. The molecule has 3 nitrogen and oxygen atoms in total. The lowest BCUT2D eigenvalue weighted by Gasteiger charge is -2.07. The van der Waals surface area contributed by atoms with Crippen molar-refractivity contribution >= 4 is 50.5 Å². The highest BCUT2D eigenvalue weighted by molar-refractivity contribution is 9.10. The van der Waals surface area contributed by atoms with E-state index in [9.17, 15) is 4.79 Å². The Morgan fingerprint density at radius 3 is 2.83 bits per heavy atom. The fourth-order valence-corrected chi connectivity index (χ4v) is 3.06. The molecule has 94 valence electrons. The Labute approximate surface area is 122 Å². The van der Waals surface area contributed by atoms with E-state index in [0.717, 1.165) is 10.2 Å². The van der Waals surface area contributed by atoms with Crippen LogP contribution < -0.4 is 11.1 Å². The van der Waals surface area contributed by atoms with Gasteiger partial charge >= 0.3 is 0 Å². The molecule has 2 rings (SSSR count). The van der Waals surface area contributed by atoms with Crippen LogP contribution >= 0.6 is 38.9 Å². The standard InChI is InChI=1S/C12H10BrClN2OS/c13-7-3-9(18-6-7)5-16-8-1-2-11(14)10(4-8)12(15)17/h1-4,6,16H,5H2,(H2,15,17). The second-order valence-electron chi connectivity index (χ2n) is 3.64. The summed E-state index contributed by atoms with van der Waals surface area (Å²) >= 11 is 10.9. The molecule has 1 aromatic carbocycles. The van der Waals surface area contributed by atoms with Gasteiger partial charge in [-0.15, -0.1) is 11.3 Å². The van der Waals surface area contributed by atoms with E-state index in [0.29, 0.717) is 17.1 Å². The molecule has 0 atom stereocenters. The number of hydrogen-bond donors (Lipinski definition) is 2. The SMILES string of the molecule is NC(=O)c1cc(NCc2cc(Br)cs2)ccc1Cl. The van der Waals surface area contributed by atoms with Crippen LogP contribution in [-0.4, -0.2) is 5.91 Å². The molecule has 0 bridgehead atoms. The maximum absolute atomic E-state index is 11.2. The zero-order valence-electron chi connectivity index (χ0n) is 9.24. The predicted octanol–water partition coefficient (Wildman–Crippen LogP) is 3.88. The summed E-state index contributed by atoms with van der Waals surface area (Å²) in [5, 5.41) is 5.61. The quantitative estimate of drug-likeness (QED) is 0.883. The minimum atomic E-state index is -0.525. The summed E-state index contributed by atoms with van der Waals surface area (Å²) in [6.07, 6.45) is 0. The first kappa shape index (κ1) is 13.4. The zero-order chi connectivity index (χ0) is 13.1. The monoisotopic (exact) mass is 344 g/mol. The van der Waals surface area contributed by atoms with Gasteiger partial charge in [0.15, 0.2) is 0 Å². The number of thiophene rings is 1. The van der Waals surface area contributed by atoms with Crippen LogP contribution in [0.3, 0.4) is 0 Å². The topological polar surface area (TPSA) is 55.1 Å². The Hall–Kier alpha value is -1.04. The number of carbonyl (C=O) groups is 1. The minimum Gasteiger partial charge on any atom is -0.380 e. The zero-order valence-corrected chi connectivity index (χ0v) is 12.4.